The van der Waals surface area contributed by atoms with E-state index in [-0.39, 0.29) is 18.2 Å². The first-order valence-corrected chi connectivity index (χ1v) is 10.9. The quantitative estimate of drug-likeness (QED) is 0.608. The number of piperidine rings is 1. The van der Waals surface area contributed by atoms with Gasteiger partial charge in [0.15, 0.2) is 0 Å². The minimum atomic E-state index is -0.612. The van der Waals surface area contributed by atoms with Gasteiger partial charge in [-0.05, 0) is 50.8 Å². The van der Waals surface area contributed by atoms with Crippen LogP contribution >= 0.6 is 0 Å². The third-order valence-corrected chi connectivity index (χ3v) is 6.02. The van der Waals surface area contributed by atoms with Crippen molar-refractivity contribution in [2.45, 2.75) is 39.5 Å². The summed E-state index contributed by atoms with van der Waals surface area (Å²) in [5.74, 6) is -0.0828. The molecule has 1 aromatic carbocycles. The van der Waals surface area contributed by atoms with Crippen molar-refractivity contribution in [1.29, 1.82) is 0 Å². The van der Waals surface area contributed by atoms with Crippen molar-refractivity contribution >= 4 is 11.8 Å². The van der Waals surface area contributed by atoms with Crippen LogP contribution in [0.25, 0.3) is 5.69 Å². The van der Waals surface area contributed by atoms with Crippen LogP contribution in [0.1, 0.15) is 36.7 Å². The number of nitrogens with zero attached hydrogens (tertiary/aromatic N) is 5. The molecule has 3 heterocycles. The van der Waals surface area contributed by atoms with Crippen LogP contribution in [0.15, 0.2) is 47.4 Å². The summed E-state index contributed by atoms with van der Waals surface area (Å²) < 4.78 is 6.51. The lowest BCUT2D eigenvalue weighted by Gasteiger charge is -2.39. The lowest BCUT2D eigenvalue weighted by atomic mass is 9.80. The summed E-state index contributed by atoms with van der Waals surface area (Å²) in [4.78, 5) is 27.4. The van der Waals surface area contributed by atoms with Crippen molar-refractivity contribution in [3.8, 4) is 5.69 Å². The van der Waals surface area contributed by atoms with Gasteiger partial charge in [0, 0.05) is 25.8 Å². The maximum atomic E-state index is 13.0. The Hall–Kier alpha value is -3.49. The van der Waals surface area contributed by atoms with Gasteiger partial charge in [0.1, 0.15) is 11.4 Å². The average Bonchev–Trinajstić information content (AvgIpc) is 3.43. The topological polar surface area (TPSA) is 106 Å². The van der Waals surface area contributed by atoms with Crippen LogP contribution < -0.4 is 5.32 Å². The van der Waals surface area contributed by atoms with Crippen molar-refractivity contribution in [2.24, 2.45) is 5.41 Å². The molecule has 1 aliphatic rings. The molecule has 1 saturated heterocycles. The Morgan fingerprint density at radius 3 is 2.78 bits per heavy atom. The highest BCUT2D eigenvalue weighted by Crippen LogP contribution is 2.30. The molecule has 168 valence electrons. The molecule has 9 heteroatoms. The van der Waals surface area contributed by atoms with E-state index < -0.39 is 5.41 Å². The highest BCUT2D eigenvalue weighted by molar-refractivity contribution is 5.84. The number of benzene rings is 1. The van der Waals surface area contributed by atoms with E-state index in [0.29, 0.717) is 37.4 Å². The van der Waals surface area contributed by atoms with Crippen LogP contribution in [0.2, 0.25) is 0 Å². The van der Waals surface area contributed by atoms with Crippen molar-refractivity contribution in [2.75, 3.05) is 19.6 Å². The highest BCUT2D eigenvalue weighted by Gasteiger charge is 2.39. The fraction of sp³-hybridized carbons (Fsp3) is 0.435. The number of carbonyl (C=O) groups excluding carboxylic acids is 2. The Kier molecular flexibility index (Phi) is 6.34. The number of nitrogens with one attached hydrogen (secondary N) is 1. The van der Waals surface area contributed by atoms with Gasteiger partial charge < -0.3 is 10.2 Å². The van der Waals surface area contributed by atoms with E-state index in [1.54, 1.807) is 11.8 Å². The molecule has 0 radical (unpaired) electrons. The van der Waals surface area contributed by atoms with E-state index in [1.807, 2.05) is 54.3 Å². The van der Waals surface area contributed by atoms with Crippen molar-refractivity contribution in [3.05, 3.63) is 59.7 Å². The summed E-state index contributed by atoms with van der Waals surface area (Å²) in [7, 11) is 0. The van der Waals surface area contributed by atoms with E-state index >= 15 is 0 Å². The summed E-state index contributed by atoms with van der Waals surface area (Å²) in [6, 6.07) is 9.90. The number of carbonyl (C=O) groups is 2. The van der Waals surface area contributed by atoms with Gasteiger partial charge in [-0.1, -0.05) is 28.5 Å². The Bertz CT molecular complexity index is 1080. The number of para-hydroxylation sites is 1. The molecule has 1 atom stereocenters. The van der Waals surface area contributed by atoms with Crippen LogP contribution in [0.5, 0.6) is 0 Å². The molecule has 0 saturated carbocycles. The molecule has 32 heavy (non-hydrogen) atoms. The molecule has 0 bridgehead atoms. The summed E-state index contributed by atoms with van der Waals surface area (Å²) in [5, 5.41) is 15.0. The predicted octanol–water partition coefficient (Wildman–Crippen LogP) is 2.09. The SMILES string of the molecule is Cc1nonc1CC(=O)N1CCC[C@@](C)(C(=O)NCCc2cnn(-c3ccccc3)c2)C1. The predicted molar refractivity (Wildman–Crippen MR) is 117 cm³/mol. The van der Waals surface area contributed by atoms with E-state index in [0.717, 1.165) is 24.1 Å². The molecular formula is C23H28N6O3. The van der Waals surface area contributed by atoms with E-state index in [2.05, 4.69) is 25.4 Å². The van der Waals surface area contributed by atoms with Crippen LogP contribution in [0.3, 0.4) is 0 Å². The van der Waals surface area contributed by atoms with Crippen LogP contribution in [-0.2, 0) is 22.4 Å². The van der Waals surface area contributed by atoms with Gasteiger partial charge in [0.05, 0.1) is 23.7 Å². The first-order chi connectivity index (χ1) is 15.4. The molecule has 2 aromatic heterocycles. The highest BCUT2D eigenvalue weighted by atomic mass is 16.6. The number of hydrogen-bond donors (Lipinski definition) is 1. The molecule has 1 N–H and O–H groups in total. The Morgan fingerprint density at radius 2 is 2.03 bits per heavy atom. The van der Waals surface area contributed by atoms with Gasteiger partial charge in [-0.3, -0.25) is 9.59 Å². The summed E-state index contributed by atoms with van der Waals surface area (Å²) in [5.41, 5.74) is 2.60. The lowest BCUT2D eigenvalue weighted by molar-refractivity contribution is -0.140. The van der Waals surface area contributed by atoms with Gasteiger partial charge in [-0.2, -0.15) is 5.10 Å². The number of aromatic nitrogens is 4. The zero-order valence-corrected chi connectivity index (χ0v) is 18.5. The molecular weight excluding hydrogens is 408 g/mol. The van der Waals surface area contributed by atoms with E-state index in [9.17, 15) is 9.59 Å². The van der Waals surface area contributed by atoms with E-state index in [1.165, 1.54) is 0 Å². The van der Waals surface area contributed by atoms with Crippen molar-refractivity contribution in [1.82, 2.24) is 30.3 Å². The summed E-state index contributed by atoms with van der Waals surface area (Å²) in [6.07, 6.45) is 6.16. The van der Waals surface area contributed by atoms with Gasteiger partial charge in [-0.25, -0.2) is 9.31 Å². The standard InChI is InChI=1S/C23H28N6O3/c1-17-20(27-32-26-17)13-21(30)28-12-6-10-23(2,16-28)22(31)24-11-9-18-14-25-29(15-18)19-7-4-3-5-8-19/h3-5,7-8,14-15H,6,9-13,16H2,1-2H3,(H,24,31)/t23-/m1/s1. The summed E-state index contributed by atoms with van der Waals surface area (Å²) >= 11 is 0. The Labute approximate surface area is 186 Å². The van der Waals surface area contributed by atoms with Gasteiger partial charge in [-0.15, -0.1) is 0 Å². The number of rotatable bonds is 7. The molecule has 1 aliphatic heterocycles. The monoisotopic (exact) mass is 436 g/mol. The minimum absolute atomic E-state index is 0.0234. The van der Waals surface area contributed by atoms with Crippen LogP contribution in [0, 0.1) is 12.3 Å². The fourth-order valence-electron chi connectivity index (χ4n) is 4.05. The maximum absolute atomic E-state index is 13.0. The lowest BCUT2D eigenvalue weighted by Crippen LogP contribution is -2.52. The number of aryl methyl sites for hydroxylation is 1. The van der Waals surface area contributed by atoms with Crippen LogP contribution in [0.4, 0.5) is 0 Å². The average molecular weight is 437 g/mol. The number of hydrogen-bond acceptors (Lipinski definition) is 6. The number of amides is 2. The third kappa shape index (κ3) is 4.87. The van der Waals surface area contributed by atoms with Crippen LogP contribution in [-0.4, -0.2) is 56.4 Å². The largest absolute Gasteiger partial charge is 0.355 e. The molecule has 2 amide bonds. The number of likely N-dealkylation sites (tertiary alicyclic amines) is 1. The maximum Gasteiger partial charge on any atom is 0.228 e. The first kappa shape index (κ1) is 21.7. The third-order valence-electron chi connectivity index (χ3n) is 6.02. The van der Waals surface area contributed by atoms with Crippen molar-refractivity contribution < 1.29 is 14.2 Å². The zero-order valence-electron chi connectivity index (χ0n) is 18.5. The Balaban J connectivity index is 1.29. The second kappa shape index (κ2) is 9.33. The zero-order chi connectivity index (χ0) is 22.6. The molecule has 0 unspecified atom stereocenters. The molecule has 0 spiro atoms. The fourth-order valence-corrected chi connectivity index (χ4v) is 4.05. The Morgan fingerprint density at radius 1 is 1.22 bits per heavy atom. The smallest absolute Gasteiger partial charge is 0.228 e. The van der Waals surface area contributed by atoms with Gasteiger partial charge >= 0.3 is 0 Å². The first-order valence-electron chi connectivity index (χ1n) is 10.9. The molecule has 1 fully saturated rings. The second-order valence-electron chi connectivity index (χ2n) is 8.59. The van der Waals surface area contributed by atoms with Gasteiger partial charge in [0.25, 0.3) is 0 Å². The molecule has 9 nitrogen and oxygen atoms in total. The van der Waals surface area contributed by atoms with Gasteiger partial charge in [0.2, 0.25) is 11.8 Å². The van der Waals surface area contributed by atoms with Crippen molar-refractivity contribution in [3.63, 3.8) is 0 Å². The normalized spacial score (nSPS) is 18.5. The summed E-state index contributed by atoms with van der Waals surface area (Å²) in [6.45, 7) is 5.25. The second-order valence-corrected chi connectivity index (χ2v) is 8.59. The molecule has 3 aromatic rings. The minimum Gasteiger partial charge on any atom is -0.355 e. The molecule has 4 rings (SSSR count). The molecule has 0 aliphatic carbocycles. The van der Waals surface area contributed by atoms with E-state index in [4.69, 9.17) is 0 Å².